The topological polar surface area (TPSA) is 384 Å². The molecule has 0 aromatic carbocycles. The smallest absolute Gasteiger partial charge is 0.396 e. The Morgan fingerprint density at radius 1 is 1.07 bits per heavy atom. The van der Waals surface area contributed by atoms with Gasteiger partial charge in [0.05, 0.1) is 26.1 Å². The number of nitrogens with two attached hydrogens (primary N) is 1. The largest absolute Gasteiger partial charge is 0.481 e. The van der Waals surface area contributed by atoms with E-state index in [1.165, 1.54) is 13.8 Å². The number of carbonyl (C=O) groups is 3. The highest BCUT2D eigenvalue weighted by molar-refractivity contribution is 8.13. The normalized spacial score (nSPS) is 22.6. The van der Waals surface area contributed by atoms with Gasteiger partial charge in [-0.15, -0.1) is 0 Å². The first-order chi connectivity index (χ1) is 25.0. The molecule has 306 valence electrons. The van der Waals surface area contributed by atoms with Crippen LogP contribution in [0.25, 0.3) is 11.2 Å². The molecule has 29 heteroatoms. The molecule has 2 aromatic heterocycles. The van der Waals surface area contributed by atoms with Gasteiger partial charge in [-0.05, 0) is 0 Å². The summed E-state index contributed by atoms with van der Waals surface area (Å²) in [6, 6.07) is 0. The van der Waals surface area contributed by atoms with Crippen molar-refractivity contribution in [2.24, 2.45) is 11.3 Å². The number of hydrogen-bond donors (Lipinski definition) is 10. The zero-order chi connectivity index (χ0) is 40.6. The molecule has 0 spiro atoms. The Bertz CT molecular complexity index is 1780. The van der Waals surface area contributed by atoms with Gasteiger partial charge < -0.3 is 56.0 Å². The van der Waals surface area contributed by atoms with E-state index in [1.54, 1.807) is 6.92 Å². The summed E-state index contributed by atoms with van der Waals surface area (Å²) in [4.78, 5) is 87.0. The predicted octanol–water partition coefficient (Wildman–Crippen LogP) is -1.71. The monoisotopic (exact) mass is 853 g/mol. The third-order valence-electron chi connectivity index (χ3n) is 7.42. The zero-order valence-corrected chi connectivity index (χ0v) is 32.3. The van der Waals surface area contributed by atoms with E-state index in [2.05, 4.69) is 34.4 Å². The molecule has 1 saturated heterocycles. The van der Waals surface area contributed by atoms with Gasteiger partial charge in [-0.3, -0.25) is 32.5 Å². The first kappa shape index (κ1) is 45.9. The molecule has 25 nitrogen and oxygen atoms in total. The van der Waals surface area contributed by atoms with Gasteiger partial charge in [-0.1, -0.05) is 32.5 Å². The number of aromatic nitrogens is 4. The van der Waals surface area contributed by atoms with Gasteiger partial charge in [-0.2, -0.15) is 4.31 Å². The minimum Gasteiger partial charge on any atom is -0.396 e. The van der Waals surface area contributed by atoms with Gasteiger partial charge in [0.1, 0.15) is 36.3 Å². The Morgan fingerprint density at radius 2 is 1.74 bits per heavy atom. The summed E-state index contributed by atoms with van der Waals surface area (Å²) in [5, 5.41) is 35.0. The Labute approximate surface area is 310 Å². The number of amides is 2. The number of nitrogens with one attached hydrogen (secondary N) is 2. The molecule has 1 aliphatic heterocycles. The average molecular weight is 854 g/mol. The van der Waals surface area contributed by atoms with E-state index in [0.717, 1.165) is 29.0 Å². The van der Waals surface area contributed by atoms with Crippen LogP contribution in [0.3, 0.4) is 0 Å². The van der Waals surface area contributed by atoms with E-state index in [1.807, 2.05) is 0 Å². The minimum atomic E-state index is -5.57. The SMILES string of the molecule is C[C@H](CO)C(=O)SCCNC(=O)CCNC(=O)[C@H](O)C(C)(C)COP(=O)(O)OP(=O)(O)OC[C@H]1O[C@@H](n2cnc3c(N)ncnc32)[C@H](O)[C@@H]1OP(=O)(O)O. The van der Waals surface area contributed by atoms with Gasteiger partial charge >= 0.3 is 23.5 Å². The number of fused-ring (bicyclic) bond motifs is 1. The van der Waals surface area contributed by atoms with Gasteiger partial charge in [0.25, 0.3) is 0 Å². The number of carbonyl (C=O) groups excluding carboxylic acids is 3. The number of aliphatic hydroxyl groups is 3. The number of thioether (sulfide) groups is 1. The van der Waals surface area contributed by atoms with E-state index in [4.69, 9.17) is 24.6 Å². The van der Waals surface area contributed by atoms with Crippen molar-refractivity contribution in [3.05, 3.63) is 12.7 Å². The van der Waals surface area contributed by atoms with Crippen molar-refractivity contribution >= 4 is 69.1 Å². The quantitative estimate of drug-likeness (QED) is 0.0494. The summed E-state index contributed by atoms with van der Waals surface area (Å²) in [5.41, 5.74) is 4.23. The fourth-order valence-corrected chi connectivity index (χ4v) is 8.09. The predicted molar refractivity (Wildman–Crippen MR) is 183 cm³/mol. The highest BCUT2D eigenvalue weighted by Crippen LogP contribution is 2.61. The van der Waals surface area contributed by atoms with Crippen molar-refractivity contribution in [1.29, 1.82) is 0 Å². The number of aliphatic hydroxyl groups excluding tert-OH is 3. The summed E-state index contributed by atoms with van der Waals surface area (Å²) in [7, 11) is -16.4. The van der Waals surface area contributed by atoms with E-state index < -0.39 is 90.5 Å². The van der Waals surface area contributed by atoms with E-state index in [-0.39, 0.29) is 54.0 Å². The second-order valence-electron chi connectivity index (χ2n) is 12.3. The molecule has 0 bridgehead atoms. The molecule has 54 heavy (non-hydrogen) atoms. The minimum absolute atomic E-state index is 0.0259. The number of imidazole rings is 1. The molecule has 3 rings (SSSR count). The summed E-state index contributed by atoms with van der Waals surface area (Å²) in [6.45, 7) is 1.62. The lowest BCUT2D eigenvalue weighted by Gasteiger charge is -2.30. The number of phosphoric ester groups is 3. The molecule has 2 unspecified atom stereocenters. The number of phosphoric acid groups is 3. The van der Waals surface area contributed by atoms with Crippen molar-refractivity contribution < 1.29 is 85.6 Å². The van der Waals surface area contributed by atoms with Crippen LogP contribution in [-0.2, 0) is 50.7 Å². The van der Waals surface area contributed by atoms with Crippen molar-refractivity contribution in [2.75, 3.05) is 44.4 Å². The Morgan fingerprint density at radius 3 is 2.39 bits per heavy atom. The first-order valence-electron chi connectivity index (χ1n) is 15.6. The summed E-state index contributed by atoms with van der Waals surface area (Å²) >= 11 is 0.943. The number of nitrogens with zero attached hydrogens (tertiary/aromatic N) is 4. The number of rotatable bonds is 21. The van der Waals surface area contributed by atoms with Crippen LogP contribution in [0.1, 0.15) is 33.4 Å². The lowest BCUT2D eigenvalue weighted by Crippen LogP contribution is -2.46. The maximum atomic E-state index is 12.6. The molecule has 0 aliphatic carbocycles. The van der Waals surface area contributed by atoms with Crippen LogP contribution in [0, 0.1) is 11.3 Å². The number of ether oxygens (including phenoxy) is 1. The second kappa shape index (κ2) is 19.1. The number of hydrogen-bond acceptors (Lipinski definition) is 19. The van der Waals surface area contributed by atoms with Gasteiger partial charge in [0.15, 0.2) is 22.8 Å². The molecular formula is C25H42N7O18P3S. The van der Waals surface area contributed by atoms with Crippen LogP contribution in [0.2, 0.25) is 0 Å². The molecule has 8 atom stereocenters. The molecule has 3 heterocycles. The summed E-state index contributed by atoms with van der Waals surface area (Å²) in [5.74, 6) is -1.80. The van der Waals surface area contributed by atoms with E-state index in [9.17, 15) is 57.9 Å². The fraction of sp³-hybridized carbons (Fsp3) is 0.680. The number of anilines is 1. The van der Waals surface area contributed by atoms with Gasteiger partial charge in [-0.25, -0.2) is 28.6 Å². The van der Waals surface area contributed by atoms with E-state index in [0.29, 0.717) is 0 Å². The van der Waals surface area contributed by atoms with Crippen molar-refractivity contribution in [1.82, 2.24) is 30.2 Å². The molecule has 1 fully saturated rings. The summed E-state index contributed by atoms with van der Waals surface area (Å²) in [6.07, 6.45) is -6.99. The van der Waals surface area contributed by atoms with E-state index >= 15 is 0 Å². The molecule has 0 saturated carbocycles. The average Bonchev–Trinajstić information content (AvgIpc) is 3.64. The first-order valence-corrected chi connectivity index (χ1v) is 21.1. The highest BCUT2D eigenvalue weighted by atomic mass is 32.2. The van der Waals surface area contributed by atoms with Gasteiger partial charge in [0.2, 0.25) is 11.8 Å². The van der Waals surface area contributed by atoms with Crippen molar-refractivity contribution in [3.63, 3.8) is 0 Å². The third-order valence-corrected chi connectivity index (χ3v) is 11.6. The molecular weight excluding hydrogens is 811 g/mol. The molecule has 2 amide bonds. The highest BCUT2D eigenvalue weighted by Gasteiger charge is 2.50. The fourth-order valence-electron chi connectivity index (χ4n) is 4.50. The number of nitrogen functional groups attached to an aromatic ring is 1. The molecule has 11 N–H and O–H groups in total. The van der Waals surface area contributed by atoms with Crippen LogP contribution >= 0.6 is 35.2 Å². The summed E-state index contributed by atoms with van der Waals surface area (Å²) < 4.78 is 61.9. The zero-order valence-electron chi connectivity index (χ0n) is 28.8. The lowest BCUT2D eigenvalue weighted by atomic mass is 9.87. The maximum absolute atomic E-state index is 12.6. The molecule has 2 aromatic rings. The van der Waals surface area contributed by atoms with Crippen LogP contribution in [0.15, 0.2) is 12.7 Å². The maximum Gasteiger partial charge on any atom is 0.481 e. The van der Waals surface area contributed by atoms with Crippen molar-refractivity contribution in [2.45, 2.75) is 57.8 Å². The Hall–Kier alpha value is -2.48. The van der Waals surface area contributed by atoms with Crippen LogP contribution in [0.4, 0.5) is 5.82 Å². The van der Waals surface area contributed by atoms with Crippen molar-refractivity contribution in [3.8, 4) is 0 Å². The third kappa shape index (κ3) is 13.3. The molecule has 0 radical (unpaired) electrons. The van der Waals surface area contributed by atoms with Crippen LogP contribution in [-0.4, -0.2) is 134 Å². The molecule has 1 aliphatic rings. The lowest BCUT2D eigenvalue weighted by molar-refractivity contribution is -0.137. The standard InChI is InChI=1S/C25H42N7O18P3S/c1-13(8-33)24(38)54-7-6-27-15(34)4-5-28-22(37)19(36)25(2,3)10-47-53(44,45)50-52(42,43)46-9-14-18(49-51(39,40)41)17(35)23(48-14)32-12-31-16-20(26)29-11-30-21(16)32/h11-14,17-19,23,33,35-36H,4-10H2,1-3H3,(H,27,34)(H,28,37)(H,42,43)(H,44,45)(H2,26,29,30)(H2,39,40,41)/t13-,14-,17-,18-,19+,23-/m1/s1. The van der Waals surface area contributed by atoms with Crippen LogP contribution < -0.4 is 16.4 Å². The Balaban J connectivity index is 1.51. The Kier molecular flexibility index (Phi) is 16.2. The van der Waals surface area contributed by atoms with Gasteiger partial charge in [0, 0.05) is 36.6 Å². The van der Waals surface area contributed by atoms with Crippen LogP contribution in [0.5, 0.6) is 0 Å². The second-order valence-corrected chi connectivity index (χ2v) is 17.7.